The summed E-state index contributed by atoms with van der Waals surface area (Å²) in [5, 5.41) is 0. The van der Waals surface area contributed by atoms with Gasteiger partial charge in [0.1, 0.15) is 0 Å². The van der Waals surface area contributed by atoms with E-state index >= 15 is 0 Å². The zero-order valence-corrected chi connectivity index (χ0v) is 12.0. The third kappa shape index (κ3) is 4.18. The Morgan fingerprint density at radius 2 is 1.79 bits per heavy atom. The van der Waals surface area contributed by atoms with Crippen LogP contribution in [0, 0.1) is 0 Å². The number of ether oxygens (including phenoxy) is 2. The molecule has 1 aromatic carbocycles. The Labute approximate surface area is 113 Å². The summed E-state index contributed by atoms with van der Waals surface area (Å²) in [7, 11) is -0.704. The van der Waals surface area contributed by atoms with Crippen LogP contribution in [0.4, 0.5) is 11.4 Å². The molecular formula is C11H19N3O4S. The van der Waals surface area contributed by atoms with Gasteiger partial charge >= 0.3 is 0 Å². The van der Waals surface area contributed by atoms with Crippen molar-refractivity contribution in [3.05, 3.63) is 12.1 Å². The first-order valence-corrected chi connectivity index (χ1v) is 7.20. The normalized spacial score (nSPS) is 11.1. The molecule has 1 aromatic rings. The third-order valence-corrected chi connectivity index (χ3v) is 3.41. The lowest BCUT2D eigenvalue weighted by Crippen LogP contribution is -2.30. The van der Waals surface area contributed by atoms with Crippen molar-refractivity contribution in [3.8, 4) is 11.5 Å². The van der Waals surface area contributed by atoms with E-state index in [0.717, 1.165) is 0 Å². The second-order valence-corrected chi connectivity index (χ2v) is 5.29. The van der Waals surface area contributed by atoms with Gasteiger partial charge < -0.3 is 15.2 Å². The van der Waals surface area contributed by atoms with Crippen LogP contribution in [0.2, 0.25) is 0 Å². The van der Waals surface area contributed by atoms with E-state index in [4.69, 9.17) is 15.2 Å². The SMILES string of the molecule is CCCNS(=O)(=O)Nc1cc(OC)c(OC)cc1N. The molecule has 0 heterocycles. The standard InChI is InChI=1S/C11H19N3O4S/c1-4-5-13-19(15,16)14-9-7-11(18-3)10(17-2)6-8(9)12/h6-7,13-14H,4-5,12H2,1-3H3. The van der Waals surface area contributed by atoms with Gasteiger partial charge in [-0.25, -0.2) is 0 Å². The molecule has 8 heteroatoms. The predicted molar refractivity (Wildman–Crippen MR) is 74.8 cm³/mol. The van der Waals surface area contributed by atoms with Crippen LogP contribution in [0.25, 0.3) is 0 Å². The highest BCUT2D eigenvalue weighted by atomic mass is 32.2. The molecular weight excluding hydrogens is 270 g/mol. The fraction of sp³-hybridized carbons (Fsp3) is 0.455. The number of hydrogen-bond acceptors (Lipinski definition) is 5. The van der Waals surface area contributed by atoms with Gasteiger partial charge in [-0.05, 0) is 6.42 Å². The van der Waals surface area contributed by atoms with Gasteiger partial charge in [-0.3, -0.25) is 4.72 Å². The molecule has 0 aliphatic heterocycles. The van der Waals surface area contributed by atoms with Crippen molar-refractivity contribution in [1.82, 2.24) is 4.72 Å². The lowest BCUT2D eigenvalue weighted by atomic mass is 10.2. The number of methoxy groups -OCH3 is 2. The third-order valence-electron chi connectivity index (χ3n) is 2.34. The largest absolute Gasteiger partial charge is 0.493 e. The molecule has 0 bridgehead atoms. The minimum absolute atomic E-state index is 0.237. The molecule has 7 nitrogen and oxygen atoms in total. The summed E-state index contributed by atoms with van der Waals surface area (Å²) in [5.41, 5.74) is 6.25. The zero-order valence-electron chi connectivity index (χ0n) is 11.2. The molecule has 19 heavy (non-hydrogen) atoms. The second-order valence-electron chi connectivity index (χ2n) is 3.79. The Morgan fingerprint density at radius 1 is 1.21 bits per heavy atom. The summed E-state index contributed by atoms with van der Waals surface area (Å²) in [4.78, 5) is 0. The van der Waals surface area contributed by atoms with E-state index in [1.165, 1.54) is 26.4 Å². The number of nitrogens with one attached hydrogen (secondary N) is 2. The first kappa shape index (κ1) is 15.4. The lowest BCUT2D eigenvalue weighted by molar-refractivity contribution is 0.355. The van der Waals surface area contributed by atoms with Crippen LogP contribution in [0.15, 0.2) is 12.1 Å². The Morgan fingerprint density at radius 3 is 2.32 bits per heavy atom. The van der Waals surface area contributed by atoms with E-state index in [9.17, 15) is 8.42 Å². The highest BCUT2D eigenvalue weighted by molar-refractivity contribution is 7.90. The van der Waals surface area contributed by atoms with Crippen molar-refractivity contribution in [1.29, 1.82) is 0 Å². The molecule has 0 aliphatic carbocycles. The number of hydrogen-bond donors (Lipinski definition) is 3. The van der Waals surface area contributed by atoms with Crippen LogP contribution < -0.4 is 24.7 Å². The van der Waals surface area contributed by atoms with E-state index in [-0.39, 0.29) is 11.4 Å². The van der Waals surface area contributed by atoms with E-state index in [1.807, 2.05) is 6.92 Å². The van der Waals surface area contributed by atoms with Crippen molar-refractivity contribution in [2.45, 2.75) is 13.3 Å². The molecule has 0 fully saturated rings. The van der Waals surface area contributed by atoms with Crippen LogP contribution in [-0.4, -0.2) is 29.2 Å². The van der Waals surface area contributed by atoms with E-state index < -0.39 is 10.2 Å². The second kappa shape index (κ2) is 6.48. The van der Waals surface area contributed by atoms with Crippen molar-refractivity contribution >= 4 is 21.6 Å². The minimum atomic E-state index is -3.64. The molecule has 0 saturated carbocycles. The topological polar surface area (TPSA) is 103 Å². The first-order valence-electron chi connectivity index (χ1n) is 5.72. The van der Waals surface area contributed by atoms with Gasteiger partial charge in [-0.2, -0.15) is 13.1 Å². The molecule has 108 valence electrons. The quantitative estimate of drug-likeness (QED) is 0.648. The zero-order chi connectivity index (χ0) is 14.5. The van der Waals surface area contributed by atoms with Gasteiger partial charge in [0.05, 0.1) is 25.6 Å². The maximum absolute atomic E-state index is 11.7. The van der Waals surface area contributed by atoms with E-state index in [0.29, 0.717) is 24.5 Å². The van der Waals surface area contributed by atoms with Crippen molar-refractivity contribution in [2.75, 3.05) is 31.2 Å². The summed E-state index contributed by atoms with van der Waals surface area (Å²) < 4.78 is 38.3. The Balaban J connectivity index is 3.01. The monoisotopic (exact) mass is 289 g/mol. The number of anilines is 2. The fourth-order valence-corrected chi connectivity index (χ4v) is 2.41. The van der Waals surface area contributed by atoms with Gasteiger partial charge in [0.25, 0.3) is 10.2 Å². The predicted octanol–water partition coefficient (Wildman–Crippen LogP) is 0.942. The van der Waals surface area contributed by atoms with E-state index in [2.05, 4.69) is 9.44 Å². The van der Waals surface area contributed by atoms with Gasteiger partial charge in [0.2, 0.25) is 0 Å². The Hall–Kier alpha value is -1.67. The summed E-state index contributed by atoms with van der Waals surface area (Å²) in [6.07, 6.45) is 0.697. The van der Waals surface area contributed by atoms with Gasteiger partial charge in [0, 0.05) is 18.7 Å². The van der Waals surface area contributed by atoms with E-state index in [1.54, 1.807) is 0 Å². The molecule has 1 rings (SSSR count). The summed E-state index contributed by atoms with van der Waals surface area (Å²) in [5.74, 6) is 0.828. The number of rotatable bonds is 7. The molecule has 0 aromatic heterocycles. The highest BCUT2D eigenvalue weighted by Gasteiger charge is 2.14. The van der Waals surface area contributed by atoms with Crippen LogP contribution in [0.1, 0.15) is 13.3 Å². The van der Waals surface area contributed by atoms with Gasteiger partial charge in [-0.15, -0.1) is 0 Å². The number of nitrogen functional groups attached to an aromatic ring is 1. The molecule has 0 aliphatic rings. The van der Waals surface area contributed by atoms with Crippen molar-refractivity contribution in [3.63, 3.8) is 0 Å². The smallest absolute Gasteiger partial charge is 0.299 e. The summed E-state index contributed by atoms with van der Waals surface area (Å²) in [6, 6.07) is 2.97. The van der Waals surface area contributed by atoms with Crippen molar-refractivity contribution < 1.29 is 17.9 Å². The Bertz CT molecular complexity index is 531. The van der Waals surface area contributed by atoms with Crippen LogP contribution in [-0.2, 0) is 10.2 Å². The molecule has 0 amide bonds. The molecule has 0 unspecified atom stereocenters. The van der Waals surface area contributed by atoms with Crippen LogP contribution in [0.3, 0.4) is 0 Å². The molecule has 0 atom stereocenters. The molecule has 4 N–H and O–H groups in total. The molecule has 0 radical (unpaired) electrons. The first-order chi connectivity index (χ1) is 8.93. The average molecular weight is 289 g/mol. The fourth-order valence-electron chi connectivity index (χ4n) is 1.40. The summed E-state index contributed by atoms with van der Waals surface area (Å²) >= 11 is 0. The van der Waals surface area contributed by atoms with Gasteiger partial charge in [0.15, 0.2) is 11.5 Å². The maximum Gasteiger partial charge on any atom is 0.299 e. The number of nitrogens with two attached hydrogens (primary N) is 1. The van der Waals surface area contributed by atoms with Crippen LogP contribution in [0.5, 0.6) is 11.5 Å². The van der Waals surface area contributed by atoms with Crippen LogP contribution >= 0.6 is 0 Å². The average Bonchev–Trinajstić information content (AvgIpc) is 2.38. The highest BCUT2D eigenvalue weighted by Crippen LogP contribution is 2.35. The van der Waals surface area contributed by atoms with Gasteiger partial charge in [-0.1, -0.05) is 6.92 Å². The summed E-state index contributed by atoms with van der Waals surface area (Å²) in [6.45, 7) is 2.22. The molecule has 0 spiro atoms. The Kier molecular flexibility index (Phi) is 5.25. The maximum atomic E-state index is 11.7. The lowest BCUT2D eigenvalue weighted by Gasteiger charge is -2.14. The number of benzene rings is 1. The molecule has 0 saturated heterocycles. The van der Waals surface area contributed by atoms with Crippen molar-refractivity contribution in [2.24, 2.45) is 0 Å². The minimum Gasteiger partial charge on any atom is -0.493 e.